The maximum absolute atomic E-state index is 10.1. The Morgan fingerprint density at radius 3 is 2.19 bits per heavy atom. The zero-order chi connectivity index (χ0) is 18.9. The van der Waals surface area contributed by atoms with Gasteiger partial charge < -0.3 is 5.11 Å². The van der Waals surface area contributed by atoms with Crippen LogP contribution in [0, 0.1) is 11.8 Å². The molecule has 2 aromatic carbocycles. The van der Waals surface area contributed by atoms with E-state index >= 15 is 0 Å². The van der Waals surface area contributed by atoms with Crippen molar-refractivity contribution in [2.75, 3.05) is 13.2 Å². The van der Waals surface area contributed by atoms with Gasteiger partial charge in [0.2, 0.25) is 0 Å². The van der Waals surface area contributed by atoms with Crippen LogP contribution in [0.15, 0.2) is 60.7 Å². The smallest absolute Gasteiger partial charge is 0.0471 e. The minimum absolute atomic E-state index is 0.295. The average Bonchev–Trinajstić information content (AvgIpc) is 2.74. The number of benzene rings is 2. The Morgan fingerprint density at radius 2 is 1.56 bits per heavy atom. The van der Waals surface area contributed by atoms with E-state index in [-0.39, 0.29) is 0 Å². The Kier molecular flexibility index (Phi) is 7.92. The second kappa shape index (κ2) is 10.6. The van der Waals surface area contributed by atoms with Crippen LogP contribution in [0.2, 0.25) is 0 Å². The highest BCUT2D eigenvalue weighted by Gasteiger charge is 2.23. The van der Waals surface area contributed by atoms with Crippen LogP contribution in [0.5, 0.6) is 0 Å². The van der Waals surface area contributed by atoms with E-state index in [1.54, 1.807) is 0 Å². The van der Waals surface area contributed by atoms with Crippen molar-refractivity contribution in [3.63, 3.8) is 0 Å². The Hall–Kier alpha value is -1.64. The van der Waals surface area contributed by atoms with Crippen molar-refractivity contribution in [1.82, 2.24) is 4.90 Å². The van der Waals surface area contributed by atoms with Gasteiger partial charge in [0.25, 0.3) is 0 Å². The lowest BCUT2D eigenvalue weighted by molar-refractivity contribution is 0.108. The molecule has 1 saturated carbocycles. The number of aliphatic hydroxyl groups is 1. The Labute approximate surface area is 165 Å². The van der Waals surface area contributed by atoms with Crippen molar-refractivity contribution in [3.05, 3.63) is 71.8 Å². The molecule has 2 aromatic rings. The number of aliphatic hydroxyl groups excluding tert-OH is 1. The number of hydrogen-bond donors (Lipinski definition) is 1. The normalized spacial score (nSPS) is 17.7. The minimum Gasteiger partial charge on any atom is -0.396 e. The summed E-state index contributed by atoms with van der Waals surface area (Å²) in [6.07, 6.45) is 8.01. The molecule has 0 amide bonds. The topological polar surface area (TPSA) is 23.5 Å². The van der Waals surface area contributed by atoms with Crippen LogP contribution in [-0.2, 0) is 6.54 Å². The van der Waals surface area contributed by atoms with E-state index in [0.29, 0.717) is 18.6 Å². The van der Waals surface area contributed by atoms with Gasteiger partial charge in [-0.05, 0) is 36.3 Å². The molecule has 1 N–H and O–H groups in total. The van der Waals surface area contributed by atoms with E-state index in [4.69, 9.17) is 0 Å². The minimum atomic E-state index is 0.295. The molecule has 27 heavy (non-hydrogen) atoms. The fourth-order valence-electron chi connectivity index (χ4n) is 4.55. The first-order chi connectivity index (χ1) is 13.3. The molecule has 2 nitrogen and oxygen atoms in total. The third-order valence-corrected chi connectivity index (χ3v) is 6.20. The molecule has 0 spiro atoms. The van der Waals surface area contributed by atoms with E-state index in [1.165, 1.54) is 49.7 Å². The Bertz CT molecular complexity index is 636. The van der Waals surface area contributed by atoms with Gasteiger partial charge in [0.1, 0.15) is 0 Å². The highest BCUT2D eigenvalue weighted by molar-refractivity contribution is 5.20. The van der Waals surface area contributed by atoms with Gasteiger partial charge in [-0.15, -0.1) is 0 Å². The second-order valence-electron chi connectivity index (χ2n) is 8.29. The standard InChI is InChI=1S/C25H35NO/c1-21(25-15-9-4-10-16-25)26(18-23-13-7-3-8-14-23)19-24(20-27)17-22-11-5-2-6-12-22/h3-4,7-10,13-16,21-22,24,27H,2,5-6,11-12,17-20H2,1H3/t21-,24-/m0/s1. The van der Waals surface area contributed by atoms with Crippen molar-refractivity contribution in [1.29, 1.82) is 0 Å². The molecule has 2 heteroatoms. The highest BCUT2D eigenvalue weighted by atomic mass is 16.3. The van der Waals surface area contributed by atoms with E-state index in [2.05, 4.69) is 72.5 Å². The molecule has 1 aliphatic carbocycles. The largest absolute Gasteiger partial charge is 0.396 e. The summed E-state index contributed by atoms with van der Waals surface area (Å²) in [4.78, 5) is 2.55. The Morgan fingerprint density at radius 1 is 0.926 bits per heavy atom. The van der Waals surface area contributed by atoms with Gasteiger partial charge in [0.05, 0.1) is 0 Å². The second-order valence-corrected chi connectivity index (χ2v) is 8.29. The number of rotatable bonds is 9. The molecule has 1 fully saturated rings. The molecule has 0 heterocycles. The third-order valence-electron chi connectivity index (χ3n) is 6.20. The van der Waals surface area contributed by atoms with Crippen molar-refractivity contribution in [2.45, 2.75) is 58.0 Å². The first-order valence-corrected chi connectivity index (χ1v) is 10.7. The molecule has 0 aliphatic heterocycles. The molecule has 0 saturated heterocycles. The first kappa shape index (κ1) is 20.1. The van der Waals surface area contributed by atoms with Crippen LogP contribution in [0.25, 0.3) is 0 Å². The first-order valence-electron chi connectivity index (χ1n) is 10.7. The molecule has 1 aliphatic rings. The van der Waals surface area contributed by atoms with Crippen LogP contribution in [-0.4, -0.2) is 23.2 Å². The lowest BCUT2D eigenvalue weighted by Gasteiger charge is -2.34. The SMILES string of the molecule is C[C@@H](c1ccccc1)N(Cc1ccccc1)C[C@@H](CO)CC1CCCCC1. The zero-order valence-corrected chi connectivity index (χ0v) is 16.8. The van der Waals surface area contributed by atoms with Gasteiger partial charge in [-0.2, -0.15) is 0 Å². The van der Waals surface area contributed by atoms with Gasteiger partial charge in [0, 0.05) is 25.7 Å². The van der Waals surface area contributed by atoms with E-state index in [1.807, 2.05) is 0 Å². The lowest BCUT2D eigenvalue weighted by atomic mass is 9.82. The van der Waals surface area contributed by atoms with Crippen LogP contribution in [0.4, 0.5) is 0 Å². The fourth-order valence-corrected chi connectivity index (χ4v) is 4.55. The molecule has 0 bridgehead atoms. The van der Waals surface area contributed by atoms with Crippen LogP contribution < -0.4 is 0 Å². The van der Waals surface area contributed by atoms with Crippen molar-refractivity contribution in [3.8, 4) is 0 Å². The third kappa shape index (κ3) is 6.19. The average molecular weight is 366 g/mol. The summed E-state index contributed by atoms with van der Waals surface area (Å²) >= 11 is 0. The summed E-state index contributed by atoms with van der Waals surface area (Å²) in [6, 6.07) is 21.8. The molecular formula is C25H35NO. The van der Waals surface area contributed by atoms with Crippen molar-refractivity contribution < 1.29 is 5.11 Å². The highest BCUT2D eigenvalue weighted by Crippen LogP contribution is 2.31. The molecule has 2 atom stereocenters. The maximum Gasteiger partial charge on any atom is 0.0471 e. The van der Waals surface area contributed by atoms with Crippen LogP contribution in [0.3, 0.4) is 0 Å². The molecule has 3 rings (SSSR count). The van der Waals surface area contributed by atoms with E-state index in [9.17, 15) is 5.11 Å². The summed E-state index contributed by atoms with van der Waals surface area (Å²) in [5, 5.41) is 10.1. The van der Waals surface area contributed by atoms with Crippen molar-refractivity contribution >= 4 is 0 Å². The fraction of sp³-hybridized carbons (Fsp3) is 0.520. The van der Waals surface area contributed by atoms with Gasteiger partial charge in [-0.3, -0.25) is 4.90 Å². The van der Waals surface area contributed by atoms with E-state index < -0.39 is 0 Å². The maximum atomic E-state index is 10.1. The zero-order valence-electron chi connectivity index (χ0n) is 16.8. The Balaban J connectivity index is 1.71. The molecule has 146 valence electrons. The number of hydrogen-bond acceptors (Lipinski definition) is 2. The predicted molar refractivity (Wildman–Crippen MR) is 113 cm³/mol. The summed E-state index contributed by atoms with van der Waals surface area (Å²) in [7, 11) is 0. The monoisotopic (exact) mass is 365 g/mol. The molecule has 0 unspecified atom stereocenters. The summed E-state index contributed by atoms with van der Waals surface area (Å²) in [5.41, 5.74) is 2.69. The van der Waals surface area contributed by atoms with Gasteiger partial charge in [0.15, 0.2) is 0 Å². The molecular weight excluding hydrogens is 330 g/mol. The lowest BCUT2D eigenvalue weighted by Crippen LogP contribution is -2.34. The predicted octanol–water partition coefficient (Wildman–Crippen LogP) is 5.83. The van der Waals surface area contributed by atoms with Crippen LogP contribution >= 0.6 is 0 Å². The van der Waals surface area contributed by atoms with E-state index in [0.717, 1.165) is 19.0 Å². The van der Waals surface area contributed by atoms with Crippen molar-refractivity contribution in [2.24, 2.45) is 11.8 Å². The van der Waals surface area contributed by atoms with Gasteiger partial charge in [-0.25, -0.2) is 0 Å². The quantitative estimate of drug-likeness (QED) is 0.604. The summed E-state index contributed by atoms with van der Waals surface area (Å²) in [5.74, 6) is 1.17. The van der Waals surface area contributed by atoms with Gasteiger partial charge in [-0.1, -0.05) is 92.8 Å². The van der Waals surface area contributed by atoms with Crippen LogP contribution in [0.1, 0.15) is 62.6 Å². The summed E-state index contributed by atoms with van der Waals surface area (Å²) < 4.78 is 0. The number of nitrogens with zero attached hydrogens (tertiary/aromatic N) is 1. The molecule has 0 aromatic heterocycles. The summed E-state index contributed by atoms with van der Waals surface area (Å²) in [6.45, 7) is 4.48. The molecule has 0 radical (unpaired) electrons. The van der Waals surface area contributed by atoms with Gasteiger partial charge >= 0.3 is 0 Å².